The van der Waals surface area contributed by atoms with E-state index in [1.165, 1.54) is 51.4 Å². The highest BCUT2D eigenvalue weighted by molar-refractivity contribution is 5.80. The van der Waals surface area contributed by atoms with Gasteiger partial charge in [0.05, 0.1) is 12.5 Å². The molecule has 2 atom stereocenters. The zero-order chi connectivity index (χ0) is 22.7. The second kappa shape index (κ2) is 17.8. The lowest BCUT2D eigenvalue weighted by Crippen LogP contribution is -2.24. The number of benzene rings is 1. The van der Waals surface area contributed by atoms with E-state index in [1.807, 2.05) is 24.3 Å². The summed E-state index contributed by atoms with van der Waals surface area (Å²) in [6.45, 7) is 4.27. The van der Waals surface area contributed by atoms with Gasteiger partial charge in [-0.05, 0) is 44.2 Å². The number of hydrogen-bond donors (Lipinski definition) is 3. The summed E-state index contributed by atoms with van der Waals surface area (Å²) >= 11 is 0. The monoisotopic (exact) mass is 433 g/mol. The minimum Gasteiger partial charge on any atom is -0.462 e. The first-order chi connectivity index (χ1) is 15.1. The number of para-hydroxylation sites is 1. The zero-order valence-electron chi connectivity index (χ0n) is 19.5. The first kappa shape index (κ1) is 27.2. The van der Waals surface area contributed by atoms with Crippen molar-refractivity contribution in [2.24, 2.45) is 0 Å². The van der Waals surface area contributed by atoms with Gasteiger partial charge in [0.15, 0.2) is 0 Å². The molecule has 1 rings (SSSR count). The van der Waals surface area contributed by atoms with Crippen LogP contribution in [0.25, 0.3) is 0 Å². The van der Waals surface area contributed by atoms with Crippen molar-refractivity contribution < 1.29 is 19.7 Å². The summed E-state index contributed by atoms with van der Waals surface area (Å²) in [5.74, 6) is -0.855. The number of ether oxygens (including phenoxy) is 1. The number of allylic oxidation sites excluding steroid dienone is 2. The quantitative estimate of drug-likeness (QED) is 0.160. The highest BCUT2D eigenvalue weighted by Gasteiger charge is 2.20. The Hall–Kier alpha value is -1.85. The Labute approximate surface area is 188 Å². The fraction of sp³-hybridized carbons (Fsp3) is 0.654. The fourth-order valence-corrected chi connectivity index (χ4v) is 3.42. The molecule has 0 fully saturated rings. The molecule has 31 heavy (non-hydrogen) atoms. The summed E-state index contributed by atoms with van der Waals surface area (Å²) in [6.07, 6.45) is 16.2. The number of carbonyl (C=O) groups is 1. The highest BCUT2D eigenvalue weighted by Crippen LogP contribution is 2.25. The summed E-state index contributed by atoms with van der Waals surface area (Å²) in [5, 5.41) is 21.6. The van der Waals surface area contributed by atoms with E-state index in [2.05, 4.69) is 24.4 Å². The average molecular weight is 434 g/mol. The molecular weight excluding hydrogens is 390 g/mol. The van der Waals surface area contributed by atoms with E-state index in [1.54, 1.807) is 6.92 Å². The number of rotatable bonds is 18. The highest BCUT2D eigenvalue weighted by atomic mass is 16.5. The molecule has 0 aliphatic carbocycles. The van der Waals surface area contributed by atoms with Gasteiger partial charge in [0.1, 0.15) is 12.7 Å². The van der Waals surface area contributed by atoms with Crippen LogP contribution in [0.1, 0.15) is 89.5 Å². The lowest BCUT2D eigenvalue weighted by molar-refractivity contribution is -0.148. The van der Waals surface area contributed by atoms with E-state index in [4.69, 9.17) is 9.84 Å². The Morgan fingerprint density at radius 3 is 2.39 bits per heavy atom. The molecule has 1 aromatic rings. The van der Waals surface area contributed by atoms with Gasteiger partial charge in [-0.3, -0.25) is 4.79 Å². The van der Waals surface area contributed by atoms with Crippen molar-refractivity contribution in [3.63, 3.8) is 0 Å². The average Bonchev–Trinajstić information content (AvgIpc) is 2.80. The first-order valence-electron chi connectivity index (χ1n) is 12.0. The standard InChI is InChI=1S/C26H43NO4/c1-3-4-5-6-7-8-9-10-11-12-13-16-19-27-25-18-15-14-17-24(25)22(2)26(30)31-21-23(29)20-28/h11-12,14-15,17-18,22-23,27-29H,3-10,13,16,19-21H2,1-2H3/b12-11+. The zero-order valence-corrected chi connectivity index (χ0v) is 19.5. The molecule has 0 heterocycles. The second-order valence-electron chi connectivity index (χ2n) is 8.23. The van der Waals surface area contributed by atoms with Crippen molar-refractivity contribution in [1.29, 1.82) is 0 Å². The molecule has 0 saturated carbocycles. The van der Waals surface area contributed by atoms with Crippen molar-refractivity contribution in [2.45, 2.75) is 90.1 Å². The van der Waals surface area contributed by atoms with Crippen LogP contribution in [0, 0.1) is 0 Å². The van der Waals surface area contributed by atoms with E-state index >= 15 is 0 Å². The third-order valence-corrected chi connectivity index (χ3v) is 5.41. The van der Waals surface area contributed by atoms with Crippen molar-refractivity contribution in [3.8, 4) is 0 Å². The van der Waals surface area contributed by atoms with Crippen LogP contribution in [0.5, 0.6) is 0 Å². The Kier molecular flexibility index (Phi) is 15.6. The second-order valence-corrected chi connectivity index (χ2v) is 8.23. The number of aliphatic hydroxyl groups is 2. The number of unbranched alkanes of at least 4 members (excludes halogenated alkanes) is 8. The summed E-state index contributed by atoms with van der Waals surface area (Å²) in [5.41, 5.74) is 1.81. The molecule has 1 aromatic carbocycles. The number of nitrogens with one attached hydrogen (secondary N) is 1. The lowest BCUT2D eigenvalue weighted by atomic mass is 9.99. The molecule has 0 saturated heterocycles. The van der Waals surface area contributed by atoms with Gasteiger partial charge < -0.3 is 20.3 Å². The molecule has 2 unspecified atom stereocenters. The number of anilines is 1. The maximum atomic E-state index is 12.3. The smallest absolute Gasteiger partial charge is 0.313 e. The molecule has 0 aliphatic rings. The van der Waals surface area contributed by atoms with Crippen LogP contribution in [0.15, 0.2) is 36.4 Å². The fourth-order valence-electron chi connectivity index (χ4n) is 3.42. The van der Waals surface area contributed by atoms with E-state index in [-0.39, 0.29) is 6.61 Å². The van der Waals surface area contributed by atoms with Crippen LogP contribution < -0.4 is 5.32 Å². The van der Waals surface area contributed by atoms with Gasteiger partial charge in [-0.15, -0.1) is 0 Å². The maximum Gasteiger partial charge on any atom is 0.313 e. The third-order valence-electron chi connectivity index (χ3n) is 5.41. The van der Waals surface area contributed by atoms with Crippen LogP contribution in [0.3, 0.4) is 0 Å². The Balaban J connectivity index is 2.25. The van der Waals surface area contributed by atoms with Crippen molar-refractivity contribution in [3.05, 3.63) is 42.0 Å². The normalized spacial score (nSPS) is 13.3. The molecular formula is C26H43NO4. The summed E-state index contributed by atoms with van der Waals surface area (Å²) in [7, 11) is 0. The van der Waals surface area contributed by atoms with Crippen LogP contribution >= 0.6 is 0 Å². The van der Waals surface area contributed by atoms with Crippen LogP contribution in [0.2, 0.25) is 0 Å². The molecule has 0 aliphatic heterocycles. The largest absolute Gasteiger partial charge is 0.462 e. The maximum absolute atomic E-state index is 12.3. The Morgan fingerprint density at radius 2 is 1.68 bits per heavy atom. The van der Waals surface area contributed by atoms with Gasteiger partial charge in [-0.1, -0.05) is 75.8 Å². The molecule has 0 bridgehead atoms. The number of hydrogen-bond acceptors (Lipinski definition) is 5. The molecule has 0 aromatic heterocycles. The summed E-state index contributed by atoms with van der Waals surface area (Å²) < 4.78 is 5.10. The SMILES string of the molecule is CCCCCCCCC/C=C/CCCNc1ccccc1C(C)C(=O)OCC(O)CO. The van der Waals surface area contributed by atoms with Crippen molar-refractivity contribution in [2.75, 3.05) is 25.1 Å². The van der Waals surface area contributed by atoms with Crippen LogP contribution in [-0.4, -0.2) is 42.0 Å². The van der Waals surface area contributed by atoms with Gasteiger partial charge in [0.2, 0.25) is 0 Å². The molecule has 3 N–H and O–H groups in total. The minimum atomic E-state index is -1.04. The lowest BCUT2D eigenvalue weighted by Gasteiger charge is -2.17. The molecule has 5 heteroatoms. The van der Waals surface area contributed by atoms with Gasteiger partial charge in [-0.2, -0.15) is 0 Å². The van der Waals surface area contributed by atoms with Crippen LogP contribution in [-0.2, 0) is 9.53 Å². The Bertz CT molecular complexity index is 617. The summed E-state index contributed by atoms with van der Waals surface area (Å²) in [4.78, 5) is 12.3. The first-order valence-corrected chi connectivity index (χ1v) is 12.0. The number of aliphatic hydroxyl groups excluding tert-OH is 2. The van der Waals surface area contributed by atoms with E-state index in [0.29, 0.717) is 0 Å². The molecule has 176 valence electrons. The summed E-state index contributed by atoms with van der Waals surface area (Å²) in [6, 6.07) is 7.73. The predicted molar refractivity (Wildman–Crippen MR) is 128 cm³/mol. The molecule has 5 nitrogen and oxygen atoms in total. The third kappa shape index (κ3) is 12.6. The van der Waals surface area contributed by atoms with Crippen molar-refractivity contribution in [1.82, 2.24) is 0 Å². The van der Waals surface area contributed by atoms with Crippen molar-refractivity contribution >= 4 is 11.7 Å². The van der Waals surface area contributed by atoms with E-state index < -0.39 is 24.6 Å². The molecule has 0 amide bonds. The van der Waals surface area contributed by atoms with E-state index in [9.17, 15) is 9.90 Å². The minimum absolute atomic E-state index is 0.194. The predicted octanol–water partition coefficient (Wildman–Crippen LogP) is 5.58. The van der Waals surface area contributed by atoms with Gasteiger partial charge in [0.25, 0.3) is 0 Å². The van der Waals surface area contributed by atoms with E-state index in [0.717, 1.165) is 30.6 Å². The van der Waals surface area contributed by atoms with Gasteiger partial charge >= 0.3 is 5.97 Å². The topological polar surface area (TPSA) is 78.8 Å². The molecule has 0 spiro atoms. The van der Waals surface area contributed by atoms with Gasteiger partial charge in [0, 0.05) is 12.2 Å². The van der Waals surface area contributed by atoms with Gasteiger partial charge in [-0.25, -0.2) is 0 Å². The number of carbonyl (C=O) groups excluding carboxylic acids is 1. The number of esters is 1. The molecule has 0 radical (unpaired) electrons. The Morgan fingerprint density at radius 1 is 1.03 bits per heavy atom. The van der Waals surface area contributed by atoms with Crippen LogP contribution in [0.4, 0.5) is 5.69 Å².